The molecule has 0 aliphatic heterocycles. The van der Waals surface area contributed by atoms with Gasteiger partial charge in [0.1, 0.15) is 0 Å². The van der Waals surface area contributed by atoms with Crippen molar-refractivity contribution in [3.05, 3.63) is 76.5 Å². The van der Waals surface area contributed by atoms with Crippen molar-refractivity contribution >= 4 is 48.5 Å². The maximum absolute atomic E-state index is 12.4. The minimum atomic E-state index is -0.160. The fraction of sp³-hybridized carbons (Fsp3) is 0.0556. The summed E-state index contributed by atoms with van der Waals surface area (Å²) in [6.07, 6.45) is 3.66. The van der Waals surface area contributed by atoms with Gasteiger partial charge in [-0.25, -0.2) is 4.98 Å². The average molecular weight is 413 g/mol. The number of halogens is 1. The van der Waals surface area contributed by atoms with Gasteiger partial charge in [-0.15, -0.1) is 0 Å². The lowest BCUT2D eigenvalue weighted by Crippen LogP contribution is -2.11. The fourth-order valence-corrected chi connectivity index (χ4v) is 3.66. The van der Waals surface area contributed by atoms with Crippen LogP contribution in [-0.2, 0) is 6.54 Å². The zero-order valence-electron chi connectivity index (χ0n) is 13.0. The number of benzene rings is 2. The number of carbonyl (C=O) groups excluding carboxylic acids is 1. The van der Waals surface area contributed by atoms with Crippen LogP contribution in [0.2, 0.25) is 0 Å². The highest BCUT2D eigenvalue weighted by atomic mass is 79.9. The second kappa shape index (κ2) is 6.78. The van der Waals surface area contributed by atoms with Gasteiger partial charge in [0.2, 0.25) is 0 Å². The first-order chi connectivity index (χ1) is 12.2. The summed E-state index contributed by atoms with van der Waals surface area (Å²) in [4.78, 5) is 16.8. The van der Waals surface area contributed by atoms with E-state index in [9.17, 15) is 4.79 Å². The number of anilines is 1. The Labute approximate surface area is 156 Å². The predicted octanol–water partition coefficient (Wildman–Crippen LogP) is 4.56. The highest BCUT2D eigenvalue weighted by Gasteiger charge is 2.10. The molecule has 7 heteroatoms. The summed E-state index contributed by atoms with van der Waals surface area (Å²) in [6.45, 7) is 0.658. The molecule has 0 aliphatic rings. The molecule has 1 N–H and O–H groups in total. The Kier molecular flexibility index (Phi) is 4.33. The van der Waals surface area contributed by atoms with E-state index in [4.69, 9.17) is 0 Å². The maximum atomic E-state index is 12.4. The second-order valence-electron chi connectivity index (χ2n) is 5.49. The molecule has 0 spiro atoms. The Morgan fingerprint density at radius 1 is 1.16 bits per heavy atom. The molecule has 25 heavy (non-hydrogen) atoms. The smallest absolute Gasteiger partial charge is 0.257 e. The van der Waals surface area contributed by atoms with Gasteiger partial charge in [0.15, 0.2) is 5.13 Å². The Hall–Kier alpha value is -2.51. The molecule has 0 radical (unpaired) electrons. The van der Waals surface area contributed by atoms with Gasteiger partial charge in [-0.05, 0) is 45.8 Å². The number of nitrogens with zero attached hydrogens (tertiary/aromatic N) is 3. The van der Waals surface area contributed by atoms with E-state index in [0.29, 0.717) is 17.2 Å². The molecule has 0 aliphatic carbocycles. The molecule has 0 saturated carbocycles. The van der Waals surface area contributed by atoms with Crippen LogP contribution in [0.5, 0.6) is 0 Å². The lowest BCUT2D eigenvalue weighted by atomic mass is 10.1. The molecular formula is C18H13BrN4OS. The van der Waals surface area contributed by atoms with Crippen molar-refractivity contribution < 1.29 is 4.79 Å². The SMILES string of the molecule is O=C(Nc1nc2ccccc2s1)c1ccc(Cn2cc(Br)cn2)cc1. The van der Waals surface area contributed by atoms with Gasteiger partial charge in [-0.2, -0.15) is 5.10 Å². The molecule has 2 aromatic carbocycles. The molecule has 0 fully saturated rings. The summed E-state index contributed by atoms with van der Waals surface area (Å²) < 4.78 is 3.83. The highest BCUT2D eigenvalue weighted by Crippen LogP contribution is 2.25. The maximum Gasteiger partial charge on any atom is 0.257 e. The van der Waals surface area contributed by atoms with Crippen molar-refractivity contribution in [2.24, 2.45) is 0 Å². The number of amides is 1. The third-order valence-electron chi connectivity index (χ3n) is 3.68. The largest absolute Gasteiger partial charge is 0.298 e. The zero-order chi connectivity index (χ0) is 17.2. The summed E-state index contributed by atoms with van der Waals surface area (Å²) >= 11 is 4.85. The van der Waals surface area contributed by atoms with E-state index in [-0.39, 0.29) is 5.91 Å². The van der Waals surface area contributed by atoms with Gasteiger partial charge in [0, 0.05) is 11.8 Å². The predicted molar refractivity (Wildman–Crippen MR) is 103 cm³/mol. The number of nitrogens with one attached hydrogen (secondary N) is 1. The van der Waals surface area contributed by atoms with E-state index in [1.54, 1.807) is 6.20 Å². The highest BCUT2D eigenvalue weighted by molar-refractivity contribution is 9.10. The van der Waals surface area contributed by atoms with E-state index in [1.165, 1.54) is 11.3 Å². The van der Waals surface area contributed by atoms with Crippen LogP contribution in [0, 0.1) is 0 Å². The summed E-state index contributed by atoms with van der Waals surface area (Å²) in [7, 11) is 0. The Morgan fingerprint density at radius 3 is 2.68 bits per heavy atom. The number of aromatic nitrogens is 3. The third kappa shape index (κ3) is 3.62. The summed E-state index contributed by atoms with van der Waals surface area (Å²) in [5.41, 5.74) is 2.57. The molecule has 4 aromatic rings. The first-order valence-electron chi connectivity index (χ1n) is 7.61. The van der Waals surface area contributed by atoms with Gasteiger partial charge in [0.25, 0.3) is 5.91 Å². The zero-order valence-corrected chi connectivity index (χ0v) is 15.4. The molecule has 0 unspecified atom stereocenters. The van der Waals surface area contributed by atoms with Crippen LogP contribution in [-0.4, -0.2) is 20.7 Å². The second-order valence-corrected chi connectivity index (χ2v) is 7.44. The number of fused-ring (bicyclic) bond motifs is 1. The quantitative estimate of drug-likeness (QED) is 0.534. The van der Waals surface area contributed by atoms with Crippen molar-refractivity contribution in [3.8, 4) is 0 Å². The normalized spacial score (nSPS) is 10.9. The molecule has 2 heterocycles. The van der Waals surface area contributed by atoms with Crippen molar-refractivity contribution in [1.82, 2.24) is 14.8 Å². The van der Waals surface area contributed by atoms with Gasteiger partial charge in [0.05, 0.1) is 27.4 Å². The minimum Gasteiger partial charge on any atom is -0.298 e. The van der Waals surface area contributed by atoms with Crippen molar-refractivity contribution in [2.45, 2.75) is 6.54 Å². The lowest BCUT2D eigenvalue weighted by Gasteiger charge is -2.04. The molecule has 0 bridgehead atoms. The fourth-order valence-electron chi connectivity index (χ4n) is 2.47. The Bertz CT molecular complexity index is 1010. The number of para-hydroxylation sites is 1. The Morgan fingerprint density at radius 2 is 1.96 bits per heavy atom. The van der Waals surface area contributed by atoms with Gasteiger partial charge in [-0.1, -0.05) is 35.6 Å². The topological polar surface area (TPSA) is 59.8 Å². The molecule has 124 valence electrons. The van der Waals surface area contributed by atoms with Crippen LogP contribution >= 0.6 is 27.3 Å². The standard InChI is InChI=1S/C18H13BrN4OS/c19-14-9-20-23(11-14)10-12-5-7-13(8-6-12)17(24)22-18-21-15-3-1-2-4-16(15)25-18/h1-9,11H,10H2,(H,21,22,24). The van der Waals surface area contributed by atoms with Crippen molar-refractivity contribution in [3.63, 3.8) is 0 Å². The summed E-state index contributed by atoms with van der Waals surface area (Å²) in [6, 6.07) is 15.3. The van der Waals surface area contributed by atoms with Crippen LogP contribution < -0.4 is 5.32 Å². The molecule has 1 amide bonds. The molecule has 0 atom stereocenters. The number of hydrogen-bond acceptors (Lipinski definition) is 4. The van der Waals surface area contributed by atoms with Gasteiger partial charge in [-0.3, -0.25) is 14.8 Å². The Balaban J connectivity index is 1.46. The number of carbonyl (C=O) groups is 1. The molecule has 0 saturated heterocycles. The van der Waals surface area contributed by atoms with Crippen molar-refractivity contribution in [2.75, 3.05) is 5.32 Å². The average Bonchev–Trinajstić information content (AvgIpc) is 3.20. The van der Waals surface area contributed by atoms with Crippen LogP contribution in [0.15, 0.2) is 65.4 Å². The van der Waals surface area contributed by atoms with Crippen LogP contribution in [0.3, 0.4) is 0 Å². The van der Waals surface area contributed by atoms with Crippen LogP contribution in [0.1, 0.15) is 15.9 Å². The number of thiazole rings is 1. The van der Waals surface area contributed by atoms with E-state index in [1.807, 2.05) is 59.4 Å². The van der Waals surface area contributed by atoms with Crippen LogP contribution in [0.25, 0.3) is 10.2 Å². The van der Waals surface area contributed by atoms with E-state index < -0.39 is 0 Å². The number of hydrogen-bond donors (Lipinski definition) is 1. The molecule has 2 aromatic heterocycles. The first-order valence-corrected chi connectivity index (χ1v) is 9.22. The monoisotopic (exact) mass is 412 g/mol. The van der Waals surface area contributed by atoms with Gasteiger partial charge < -0.3 is 0 Å². The number of rotatable bonds is 4. The summed E-state index contributed by atoms with van der Waals surface area (Å²) in [5.74, 6) is -0.160. The van der Waals surface area contributed by atoms with Gasteiger partial charge >= 0.3 is 0 Å². The molecule has 5 nitrogen and oxygen atoms in total. The molecule has 4 rings (SSSR count). The van der Waals surface area contributed by atoms with E-state index >= 15 is 0 Å². The first kappa shape index (κ1) is 16.0. The minimum absolute atomic E-state index is 0.160. The van der Waals surface area contributed by atoms with Crippen LogP contribution in [0.4, 0.5) is 5.13 Å². The van der Waals surface area contributed by atoms with E-state index in [0.717, 1.165) is 20.3 Å². The lowest BCUT2D eigenvalue weighted by molar-refractivity contribution is 0.102. The van der Waals surface area contributed by atoms with E-state index in [2.05, 4.69) is 31.3 Å². The van der Waals surface area contributed by atoms with Crippen molar-refractivity contribution in [1.29, 1.82) is 0 Å². The molecular weight excluding hydrogens is 400 g/mol. The summed E-state index contributed by atoms with van der Waals surface area (Å²) in [5, 5.41) is 7.70. The third-order valence-corrected chi connectivity index (χ3v) is 5.04.